The van der Waals surface area contributed by atoms with Crippen molar-refractivity contribution < 1.29 is 4.79 Å². The van der Waals surface area contributed by atoms with Gasteiger partial charge in [0.2, 0.25) is 5.91 Å². The zero-order valence-electron chi connectivity index (χ0n) is 14.2. The number of benzene rings is 3. The van der Waals surface area contributed by atoms with Crippen molar-refractivity contribution in [2.24, 2.45) is 0 Å². The third kappa shape index (κ3) is 4.97. The summed E-state index contributed by atoms with van der Waals surface area (Å²) >= 11 is 1.66. The van der Waals surface area contributed by atoms with E-state index in [2.05, 4.69) is 36.5 Å². The Morgan fingerprint density at radius 3 is 2.20 bits per heavy atom. The first-order chi connectivity index (χ1) is 12.2. The number of hydrogen-bond acceptors (Lipinski definition) is 2. The molecular weight excluding hydrogens is 326 g/mol. The molecule has 0 radical (unpaired) electrons. The molecule has 0 aromatic heterocycles. The molecule has 0 saturated carbocycles. The Morgan fingerprint density at radius 1 is 0.880 bits per heavy atom. The van der Waals surface area contributed by atoms with Crippen molar-refractivity contribution in [1.29, 1.82) is 0 Å². The van der Waals surface area contributed by atoms with Gasteiger partial charge in [0.05, 0.1) is 5.69 Å². The zero-order valence-corrected chi connectivity index (χ0v) is 15.0. The fourth-order valence-electron chi connectivity index (χ4n) is 2.65. The van der Waals surface area contributed by atoms with Gasteiger partial charge in [0.1, 0.15) is 0 Å². The molecular formula is C22H21NOS. The van der Waals surface area contributed by atoms with Crippen LogP contribution in [-0.4, -0.2) is 5.91 Å². The molecule has 2 nitrogen and oxygen atoms in total. The summed E-state index contributed by atoms with van der Waals surface area (Å²) < 4.78 is 0. The summed E-state index contributed by atoms with van der Waals surface area (Å²) in [4.78, 5) is 14.7. The van der Waals surface area contributed by atoms with Crippen LogP contribution in [-0.2, 0) is 4.79 Å². The third-order valence-electron chi connectivity index (χ3n) is 3.99. The lowest BCUT2D eigenvalue weighted by Gasteiger charge is -2.14. The molecule has 3 rings (SSSR count). The van der Waals surface area contributed by atoms with E-state index in [0.29, 0.717) is 6.42 Å². The lowest BCUT2D eigenvalue weighted by molar-refractivity contribution is -0.116. The molecule has 1 atom stereocenters. The van der Waals surface area contributed by atoms with E-state index in [0.717, 1.165) is 15.5 Å². The van der Waals surface area contributed by atoms with Crippen molar-refractivity contribution in [3.63, 3.8) is 0 Å². The van der Waals surface area contributed by atoms with Crippen molar-refractivity contribution in [2.75, 3.05) is 5.32 Å². The van der Waals surface area contributed by atoms with Gasteiger partial charge in [0.25, 0.3) is 0 Å². The van der Waals surface area contributed by atoms with Crippen LogP contribution in [0.1, 0.15) is 24.8 Å². The Balaban J connectivity index is 1.67. The van der Waals surface area contributed by atoms with Crippen molar-refractivity contribution in [3.8, 4) is 0 Å². The Labute approximate surface area is 153 Å². The average Bonchev–Trinajstić information content (AvgIpc) is 2.65. The molecule has 1 N–H and O–H groups in total. The molecule has 1 amide bonds. The molecule has 3 aromatic carbocycles. The Bertz CT molecular complexity index is 818. The quantitative estimate of drug-likeness (QED) is 0.595. The highest BCUT2D eigenvalue weighted by Crippen LogP contribution is 2.33. The minimum atomic E-state index is 0.0393. The first-order valence-electron chi connectivity index (χ1n) is 8.39. The van der Waals surface area contributed by atoms with Crippen LogP contribution in [0.4, 0.5) is 5.69 Å². The van der Waals surface area contributed by atoms with Gasteiger partial charge in [0, 0.05) is 16.2 Å². The van der Waals surface area contributed by atoms with Crippen LogP contribution < -0.4 is 5.32 Å². The predicted molar refractivity (Wildman–Crippen MR) is 105 cm³/mol. The second-order valence-corrected chi connectivity index (χ2v) is 7.09. The first kappa shape index (κ1) is 17.3. The highest BCUT2D eigenvalue weighted by molar-refractivity contribution is 7.99. The predicted octanol–water partition coefficient (Wildman–Crippen LogP) is 5.97. The average molecular weight is 347 g/mol. The summed E-state index contributed by atoms with van der Waals surface area (Å²) in [7, 11) is 0. The van der Waals surface area contributed by atoms with Gasteiger partial charge in [-0.25, -0.2) is 0 Å². The molecule has 0 spiro atoms. The normalized spacial score (nSPS) is 11.7. The molecule has 126 valence electrons. The maximum absolute atomic E-state index is 12.5. The standard InChI is InChI=1S/C22H21NOS/c1-17(18-10-4-2-5-11-18)16-22(24)23-20-14-8-9-15-21(20)25-19-12-6-3-7-13-19/h2-15,17H,16H2,1H3,(H,23,24). The van der Waals surface area contributed by atoms with Crippen LogP contribution in [0.15, 0.2) is 94.7 Å². The van der Waals surface area contributed by atoms with Gasteiger partial charge >= 0.3 is 0 Å². The molecule has 0 heterocycles. The number of carbonyl (C=O) groups is 1. The second kappa shape index (κ2) is 8.54. The molecule has 0 aliphatic heterocycles. The van der Waals surface area contributed by atoms with E-state index in [1.165, 1.54) is 5.56 Å². The van der Waals surface area contributed by atoms with E-state index in [1.54, 1.807) is 11.8 Å². The fourth-order valence-corrected chi connectivity index (χ4v) is 3.58. The van der Waals surface area contributed by atoms with E-state index >= 15 is 0 Å². The van der Waals surface area contributed by atoms with Gasteiger partial charge in [-0.05, 0) is 35.7 Å². The minimum Gasteiger partial charge on any atom is -0.325 e. The van der Waals surface area contributed by atoms with Crippen LogP contribution in [0.3, 0.4) is 0 Å². The van der Waals surface area contributed by atoms with E-state index in [-0.39, 0.29) is 11.8 Å². The summed E-state index contributed by atoms with van der Waals surface area (Å²) in [6.07, 6.45) is 0.467. The van der Waals surface area contributed by atoms with Crippen LogP contribution in [0.5, 0.6) is 0 Å². The van der Waals surface area contributed by atoms with Crippen LogP contribution in [0.25, 0.3) is 0 Å². The van der Waals surface area contributed by atoms with Crippen molar-refractivity contribution in [3.05, 3.63) is 90.5 Å². The van der Waals surface area contributed by atoms with E-state index < -0.39 is 0 Å². The zero-order chi connectivity index (χ0) is 17.5. The van der Waals surface area contributed by atoms with Crippen molar-refractivity contribution in [2.45, 2.75) is 29.1 Å². The SMILES string of the molecule is CC(CC(=O)Nc1ccccc1Sc1ccccc1)c1ccccc1. The molecule has 0 bridgehead atoms. The molecule has 0 aliphatic carbocycles. The van der Waals surface area contributed by atoms with Crippen molar-refractivity contribution in [1.82, 2.24) is 0 Å². The van der Waals surface area contributed by atoms with Gasteiger partial charge in [-0.3, -0.25) is 4.79 Å². The lowest BCUT2D eigenvalue weighted by Crippen LogP contribution is -2.14. The summed E-state index contributed by atoms with van der Waals surface area (Å²) in [5.74, 6) is 0.229. The summed E-state index contributed by atoms with van der Waals surface area (Å²) in [6.45, 7) is 2.08. The van der Waals surface area contributed by atoms with E-state index in [1.807, 2.05) is 60.7 Å². The number of para-hydroxylation sites is 1. The Morgan fingerprint density at radius 2 is 1.48 bits per heavy atom. The number of rotatable bonds is 6. The van der Waals surface area contributed by atoms with Crippen LogP contribution in [0.2, 0.25) is 0 Å². The summed E-state index contributed by atoms with van der Waals surface area (Å²) in [5, 5.41) is 3.07. The lowest BCUT2D eigenvalue weighted by atomic mass is 9.97. The highest BCUT2D eigenvalue weighted by Gasteiger charge is 2.13. The first-order valence-corrected chi connectivity index (χ1v) is 9.21. The smallest absolute Gasteiger partial charge is 0.225 e. The van der Waals surface area contributed by atoms with Gasteiger partial charge in [-0.1, -0.05) is 79.3 Å². The largest absolute Gasteiger partial charge is 0.325 e. The molecule has 3 heteroatoms. The van der Waals surface area contributed by atoms with E-state index in [9.17, 15) is 4.79 Å². The molecule has 0 aliphatic rings. The monoisotopic (exact) mass is 347 g/mol. The molecule has 3 aromatic rings. The maximum Gasteiger partial charge on any atom is 0.225 e. The Kier molecular flexibility index (Phi) is 5.91. The van der Waals surface area contributed by atoms with E-state index in [4.69, 9.17) is 0 Å². The number of amides is 1. The minimum absolute atomic E-state index is 0.0393. The van der Waals surface area contributed by atoms with Gasteiger partial charge in [-0.2, -0.15) is 0 Å². The number of carbonyl (C=O) groups excluding carboxylic acids is 1. The van der Waals surface area contributed by atoms with Crippen molar-refractivity contribution >= 4 is 23.4 Å². The molecule has 0 saturated heterocycles. The highest BCUT2D eigenvalue weighted by atomic mass is 32.2. The van der Waals surface area contributed by atoms with Gasteiger partial charge in [-0.15, -0.1) is 0 Å². The Hall–Kier alpha value is -2.52. The number of hydrogen-bond donors (Lipinski definition) is 1. The number of anilines is 1. The summed E-state index contributed by atoms with van der Waals surface area (Å²) in [6, 6.07) is 28.3. The van der Waals surface area contributed by atoms with Crippen LogP contribution >= 0.6 is 11.8 Å². The van der Waals surface area contributed by atoms with Gasteiger partial charge in [0.15, 0.2) is 0 Å². The third-order valence-corrected chi connectivity index (χ3v) is 5.08. The summed E-state index contributed by atoms with van der Waals surface area (Å²) in [5.41, 5.74) is 2.05. The number of nitrogens with one attached hydrogen (secondary N) is 1. The topological polar surface area (TPSA) is 29.1 Å². The van der Waals surface area contributed by atoms with Crippen LogP contribution in [0, 0.1) is 0 Å². The molecule has 25 heavy (non-hydrogen) atoms. The molecule has 1 unspecified atom stereocenters. The van der Waals surface area contributed by atoms with Gasteiger partial charge < -0.3 is 5.32 Å². The second-order valence-electron chi connectivity index (χ2n) is 5.98. The molecule has 0 fully saturated rings. The maximum atomic E-state index is 12.5. The fraction of sp³-hybridized carbons (Fsp3) is 0.136.